The van der Waals surface area contributed by atoms with Crippen molar-refractivity contribution in [3.8, 4) is 6.07 Å². The Hall–Kier alpha value is -1.98. The van der Waals surface area contributed by atoms with Crippen LogP contribution < -0.4 is 0 Å². The van der Waals surface area contributed by atoms with Crippen LogP contribution in [-0.2, 0) is 22.8 Å². The summed E-state index contributed by atoms with van der Waals surface area (Å²) < 4.78 is 21.0. The van der Waals surface area contributed by atoms with E-state index in [0.29, 0.717) is 18.0 Å². The molecule has 1 aromatic carbocycles. The van der Waals surface area contributed by atoms with E-state index in [2.05, 4.69) is 0 Å². The minimum absolute atomic E-state index is 0.265. The van der Waals surface area contributed by atoms with Crippen LogP contribution in [0.25, 0.3) is 6.08 Å². The van der Waals surface area contributed by atoms with Crippen LogP contribution in [0.4, 0.5) is 0 Å². The summed E-state index contributed by atoms with van der Waals surface area (Å²) in [6.45, 7) is 0.265. The maximum atomic E-state index is 11.6. The lowest BCUT2D eigenvalue weighted by Crippen LogP contribution is -2.42. The summed E-state index contributed by atoms with van der Waals surface area (Å²) in [5.74, 6) is -0.422. The molecule has 0 atom stereocenters. The van der Waals surface area contributed by atoms with Gasteiger partial charge in [0, 0.05) is 33.4 Å². The van der Waals surface area contributed by atoms with Gasteiger partial charge >= 0.3 is 14.8 Å². The largest absolute Gasteiger partial charge is 0.500 e. The Kier molecular flexibility index (Phi) is 8.22. The Labute approximate surface area is 137 Å². The average Bonchev–Trinajstić information content (AvgIpc) is 2.61. The van der Waals surface area contributed by atoms with Gasteiger partial charge in [-0.05, 0) is 30.2 Å². The first-order valence-corrected chi connectivity index (χ1v) is 9.03. The van der Waals surface area contributed by atoms with Gasteiger partial charge in [0.2, 0.25) is 0 Å². The van der Waals surface area contributed by atoms with Crippen LogP contribution in [0.15, 0.2) is 30.3 Å². The van der Waals surface area contributed by atoms with Gasteiger partial charge in [0.05, 0.1) is 18.2 Å². The molecule has 0 aliphatic carbocycles. The molecule has 0 saturated carbocycles. The van der Waals surface area contributed by atoms with Gasteiger partial charge in [-0.15, -0.1) is 0 Å². The fourth-order valence-electron chi connectivity index (χ4n) is 1.90. The summed E-state index contributed by atoms with van der Waals surface area (Å²) in [5, 5.41) is 8.71. The number of carbonyl (C=O) groups excluding carboxylic acids is 1. The number of esters is 1. The van der Waals surface area contributed by atoms with E-state index >= 15 is 0 Å². The summed E-state index contributed by atoms with van der Waals surface area (Å²) >= 11 is 0. The molecule has 1 rings (SSSR count). The first-order valence-electron chi connectivity index (χ1n) is 7.09. The second-order valence-corrected chi connectivity index (χ2v) is 7.72. The third kappa shape index (κ3) is 6.34. The molecule has 0 heterocycles. The van der Waals surface area contributed by atoms with E-state index < -0.39 is 14.8 Å². The molecular formula is C16H21NO5Si. The number of rotatable bonds is 9. The van der Waals surface area contributed by atoms with Crippen LogP contribution in [0.2, 0.25) is 6.04 Å². The normalized spacial score (nSPS) is 11.4. The molecule has 0 N–H and O–H groups in total. The number of benzene rings is 1. The zero-order valence-corrected chi connectivity index (χ0v) is 14.6. The molecule has 0 bridgehead atoms. The van der Waals surface area contributed by atoms with Crippen LogP contribution in [0.1, 0.15) is 17.5 Å². The van der Waals surface area contributed by atoms with E-state index in [1.54, 1.807) is 51.7 Å². The second-order valence-electron chi connectivity index (χ2n) is 4.63. The van der Waals surface area contributed by atoms with Crippen LogP contribution in [0.5, 0.6) is 0 Å². The molecule has 1 aromatic rings. The van der Waals surface area contributed by atoms with Crippen molar-refractivity contribution in [2.75, 3.05) is 27.9 Å². The smallest absolute Gasteiger partial charge is 0.463 e. The third-order valence-corrected chi connectivity index (χ3v) is 6.09. The Morgan fingerprint density at radius 3 is 2.30 bits per heavy atom. The molecule has 0 spiro atoms. The molecule has 0 aromatic heterocycles. The molecule has 0 unspecified atom stereocenters. The first kappa shape index (κ1) is 19.1. The minimum Gasteiger partial charge on any atom is -0.463 e. The molecule has 6 nitrogen and oxygen atoms in total. The standard InChI is InChI=1S/C16H21NO5Si/c1-19-23(20-2,21-3)12-4-11-22-16(18)10-9-14-5-7-15(13-17)8-6-14/h5-10H,4,11-12H2,1-3H3/b10-9+. The van der Waals surface area contributed by atoms with Crippen molar-refractivity contribution in [3.05, 3.63) is 41.5 Å². The van der Waals surface area contributed by atoms with Crippen LogP contribution in [0, 0.1) is 11.3 Å². The van der Waals surface area contributed by atoms with Crippen molar-refractivity contribution in [3.63, 3.8) is 0 Å². The highest BCUT2D eigenvalue weighted by molar-refractivity contribution is 6.60. The Balaban J connectivity index is 2.36. The molecule has 0 aliphatic rings. The van der Waals surface area contributed by atoms with Gasteiger partial charge in [-0.2, -0.15) is 5.26 Å². The topological polar surface area (TPSA) is 77.8 Å². The summed E-state index contributed by atoms with van der Waals surface area (Å²) in [6, 6.07) is 9.51. The highest BCUT2D eigenvalue weighted by Crippen LogP contribution is 2.14. The van der Waals surface area contributed by atoms with Gasteiger partial charge in [0.1, 0.15) is 0 Å². The predicted molar refractivity (Wildman–Crippen MR) is 87.4 cm³/mol. The van der Waals surface area contributed by atoms with Gasteiger partial charge in [-0.25, -0.2) is 4.79 Å². The lowest BCUT2D eigenvalue weighted by atomic mass is 10.1. The number of hydrogen-bond donors (Lipinski definition) is 0. The van der Waals surface area contributed by atoms with Gasteiger partial charge in [-0.1, -0.05) is 12.1 Å². The maximum Gasteiger partial charge on any atom is 0.500 e. The van der Waals surface area contributed by atoms with E-state index in [-0.39, 0.29) is 6.61 Å². The maximum absolute atomic E-state index is 11.6. The number of nitrogens with zero attached hydrogens (tertiary/aromatic N) is 1. The quantitative estimate of drug-likeness (QED) is 0.298. The third-order valence-electron chi connectivity index (χ3n) is 3.26. The highest BCUT2D eigenvalue weighted by Gasteiger charge is 2.36. The number of hydrogen-bond acceptors (Lipinski definition) is 6. The van der Waals surface area contributed by atoms with E-state index in [9.17, 15) is 4.79 Å². The summed E-state index contributed by atoms with van der Waals surface area (Å²) in [6.07, 6.45) is 3.59. The number of ether oxygens (including phenoxy) is 1. The van der Waals surface area contributed by atoms with Crippen LogP contribution >= 0.6 is 0 Å². The molecule has 0 fully saturated rings. The first-order chi connectivity index (χ1) is 11.1. The average molecular weight is 335 g/mol. The zero-order valence-electron chi connectivity index (χ0n) is 13.6. The molecule has 23 heavy (non-hydrogen) atoms. The molecule has 0 radical (unpaired) electrons. The molecule has 0 amide bonds. The van der Waals surface area contributed by atoms with Gasteiger partial charge in [0.25, 0.3) is 0 Å². The van der Waals surface area contributed by atoms with Crippen molar-refractivity contribution in [2.24, 2.45) is 0 Å². The van der Waals surface area contributed by atoms with E-state index in [4.69, 9.17) is 23.3 Å². The lowest BCUT2D eigenvalue weighted by Gasteiger charge is -2.23. The van der Waals surface area contributed by atoms with E-state index in [0.717, 1.165) is 5.56 Å². The van der Waals surface area contributed by atoms with Gasteiger partial charge < -0.3 is 18.0 Å². The van der Waals surface area contributed by atoms with Gasteiger partial charge in [0.15, 0.2) is 0 Å². The SMILES string of the molecule is CO[Si](CCCOC(=O)/C=C/c1ccc(C#N)cc1)(OC)OC. The molecule has 7 heteroatoms. The van der Waals surface area contributed by atoms with E-state index in [1.165, 1.54) is 6.08 Å². The Bertz CT molecular complexity index is 553. The lowest BCUT2D eigenvalue weighted by molar-refractivity contribution is -0.137. The minimum atomic E-state index is -2.61. The Morgan fingerprint density at radius 1 is 1.17 bits per heavy atom. The molecule has 124 valence electrons. The number of carbonyl (C=O) groups is 1. The predicted octanol–water partition coefficient (Wildman–Crippen LogP) is 2.38. The summed E-state index contributed by atoms with van der Waals surface area (Å²) in [5.41, 5.74) is 1.40. The highest BCUT2D eigenvalue weighted by atomic mass is 28.4. The molecule has 0 aliphatic heterocycles. The van der Waals surface area contributed by atoms with Crippen molar-refractivity contribution < 1.29 is 22.8 Å². The molecule has 0 saturated heterocycles. The van der Waals surface area contributed by atoms with E-state index in [1.807, 2.05) is 6.07 Å². The van der Waals surface area contributed by atoms with Crippen molar-refractivity contribution in [2.45, 2.75) is 12.5 Å². The van der Waals surface area contributed by atoms with Crippen LogP contribution in [0.3, 0.4) is 0 Å². The number of nitriles is 1. The Morgan fingerprint density at radius 2 is 1.78 bits per heavy atom. The van der Waals surface area contributed by atoms with Crippen molar-refractivity contribution in [1.29, 1.82) is 5.26 Å². The van der Waals surface area contributed by atoms with Crippen molar-refractivity contribution in [1.82, 2.24) is 0 Å². The summed E-state index contributed by atoms with van der Waals surface area (Å²) in [7, 11) is 2.04. The van der Waals surface area contributed by atoms with Crippen molar-refractivity contribution >= 4 is 20.8 Å². The molecular weight excluding hydrogens is 314 g/mol. The second kappa shape index (κ2) is 9.92. The van der Waals surface area contributed by atoms with Crippen LogP contribution in [-0.4, -0.2) is 42.7 Å². The monoisotopic (exact) mass is 335 g/mol. The van der Waals surface area contributed by atoms with Gasteiger partial charge in [-0.3, -0.25) is 0 Å². The fraction of sp³-hybridized carbons (Fsp3) is 0.375. The fourth-order valence-corrected chi connectivity index (χ4v) is 3.59. The summed E-state index contributed by atoms with van der Waals surface area (Å²) in [4.78, 5) is 11.6. The zero-order chi connectivity index (χ0) is 17.1.